The van der Waals surface area contributed by atoms with Crippen LogP contribution in [0.1, 0.15) is 19.5 Å². The predicted molar refractivity (Wildman–Crippen MR) is 71.9 cm³/mol. The molecule has 2 aromatic heterocycles. The fraction of sp³-hybridized carbons (Fsp3) is 0.214. The first-order chi connectivity index (χ1) is 9.05. The number of benzene rings is 1. The molecule has 19 heavy (non-hydrogen) atoms. The van der Waals surface area contributed by atoms with Crippen LogP contribution >= 0.6 is 0 Å². The number of fused-ring (bicyclic) bond motifs is 1. The molecule has 0 aliphatic carbocycles. The Balaban J connectivity index is 2.17. The Labute approximate surface area is 110 Å². The summed E-state index contributed by atoms with van der Waals surface area (Å²) >= 11 is 0. The van der Waals surface area contributed by atoms with Crippen LogP contribution in [0.3, 0.4) is 0 Å². The minimum Gasteiger partial charge on any atom is -0.384 e. The van der Waals surface area contributed by atoms with E-state index in [1.54, 1.807) is 30.9 Å². The van der Waals surface area contributed by atoms with Crippen molar-refractivity contribution in [3.63, 3.8) is 0 Å². The molecule has 0 saturated carbocycles. The summed E-state index contributed by atoms with van der Waals surface area (Å²) in [7, 11) is 0. The molecule has 0 unspecified atom stereocenters. The van der Waals surface area contributed by atoms with Gasteiger partial charge in [-0.05, 0) is 26.0 Å². The Kier molecular flexibility index (Phi) is 2.57. The molecule has 0 saturated heterocycles. The van der Waals surface area contributed by atoms with Gasteiger partial charge in [-0.15, -0.1) is 5.10 Å². The summed E-state index contributed by atoms with van der Waals surface area (Å²) in [6.07, 6.45) is 5.31. The summed E-state index contributed by atoms with van der Waals surface area (Å²) in [5.74, 6) is 0. The summed E-state index contributed by atoms with van der Waals surface area (Å²) in [4.78, 5) is 4.11. The third kappa shape index (κ3) is 2.08. The maximum Gasteiger partial charge on any atom is 0.114 e. The number of hydrogen-bond acceptors (Lipinski definition) is 4. The molecule has 0 spiro atoms. The van der Waals surface area contributed by atoms with Crippen molar-refractivity contribution in [1.82, 2.24) is 20.0 Å². The highest BCUT2D eigenvalue weighted by Crippen LogP contribution is 2.22. The van der Waals surface area contributed by atoms with Crippen LogP contribution in [0.15, 0.2) is 42.9 Å². The minimum absolute atomic E-state index is 0.540. The molecular weight excluding hydrogens is 240 g/mol. The molecule has 3 aromatic rings. The highest BCUT2D eigenvalue weighted by Gasteiger charge is 2.20. The Morgan fingerprint density at radius 3 is 2.79 bits per heavy atom. The molecule has 0 aliphatic rings. The lowest BCUT2D eigenvalue weighted by Crippen LogP contribution is -2.15. The lowest BCUT2D eigenvalue weighted by Gasteiger charge is -2.12. The summed E-state index contributed by atoms with van der Waals surface area (Å²) < 4.78 is 1.68. The predicted octanol–water partition coefficient (Wildman–Crippen LogP) is 2.04. The molecule has 2 heterocycles. The first kappa shape index (κ1) is 11.8. The van der Waals surface area contributed by atoms with Gasteiger partial charge in [0, 0.05) is 23.2 Å². The van der Waals surface area contributed by atoms with Gasteiger partial charge in [0.1, 0.15) is 11.3 Å². The van der Waals surface area contributed by atoms with E-state index in [9.17, 15) is 5.11 Å². The molecule has 3 rings (SSSR count). The Hall–Kier alpha value is -2.27. The van der Waals surface area contributed by atoms with E-state index in [4.69, 9.17) is 0 Å². The molecule has 0 amide bonds. The zero-order chi connectivity index (χ0) is 13.5. The van der Waals surface area contributed by atoms with Gasteiger partial charge in [-0.3, -0.25) is 4.98 Å². The van der Waals surface area contributed by atoms with E-state index in [2.05, 4.69) is 15.3 Å². The van der Waals surface area contributed by atoms with E-state index in [1.807, 2.05) is 30.5 Å². The second-order valence-electron chi connectivity index (χ2n) is 4.98. The number of pyridine rings is 1. The highest BCUT2D eigenvalue weighted by molar-refractivity contribution is 5.89. The van der Waals surface area contributed by atoms with Gasteiger partial charge in [0.05, 0.1) is 11.9 Å². The van der Waals surface area contributed by atoms with Crippen molar-refractivity contribution < 1.29 is 5.11 Å². The fourth-order valence-electron chi connectivity index (χ4n) is 1.97. The number of aromatic nitrogens is 4. The van der Waals surface area contributed by atoms with E-state index in [1.165, 1.54) is 0 Å². The van der Waals surface area contributed by atoms with Crippen molar-refractivity contribution in [3.05, 3.63) is 48.5 Å². The molecule has 0 radical (unpaired) electrons. The summed E-state index contributed by atoms with van der Waals surface area (Å²) in [6.45, 7) is 3.38. The summed E-state index contributed by atoms with van der Waals surface area (Å²) in [5.41, 5.74) is 0.464. The van der Waals surface area contributed by atoms with E-state index >= 15 is 0 Å². The second-order valence-corrected chi connectivity index (χ2v) is 4.98. The van der Waals surface area contributed by atoms with Crippen LogP contribution in [0.2, 0.25) is 0 Å². The van der Waals surface area contributed by atoms with Crippen LogP contribution in [0.4, 0.5) is 0 Å². The Bertz CT molecular complexity index is 722. The smallest absolute Gasteiger partial charge is 0.114 e. The van der Waals surface area contributed by atoms with Gasteiger partial charge in [0.25, 0.3) is 0 Å². The van der Waals surface area contributed by atoms with Gasteiger partial charge >= 0.3 is 0 Å². The molecule has 0 fully saturated rings. The third-order valence-electron chi connectivity index (χ3n) is 3.02. The largest absolute Gasteiger partial charge is 0.384 e. The highest BCUT2D eigenvalue weighted by atomic mass is 16.3. The van der Waals surface area contributed by atoms with E-state index < -0.39 is 5.60 Å². The summed E-state index contributed by atoms with van der Waals surface area (Å²) in [5, 5.41) is 20.1. The zero-order valence-corrected chi connectivity index (χ0v) is 10.8. The number of aliphatic hydroxyl groups is 1. The van der Waals surface area contributed by atoms with Crippen LogP contribution in [-0.4, -0.2) is 25.1 Å². The van der Waals surface area contributed by atoms with Crippen LogP contribution in [-0.2, 0) is 5.60 Å². The van der Waals surface area contributed by atoms with Crippen molar-refractivity contribution in [2.24, 2.45) is 0 Å². The number of hydrogen-bond donors (Lipinski definition) is 1. The van der Waals surface area contributed by atoms with Crippen molar-refractivity contribution in [2.45, 2.75) is 19.4 Å². The lowest BCUT2D eigenvalue weighted by atomic mass is 10.1. The fourth-order valence-corrected chi connectivity index (χ4v) is 1.97. The third-order valence-corrected chi connectivity index (χ3v) is 3.02. The topological polar surface area (TPSA) is 63.8 Å². The van der Waals surface area contributed by atoms with Gasteiger partial charge < -0.3 is 5.11 Å². The van der Waals surface area contributed by atoms with Crippen LogP contribution < -0.4 is 0 Å². The first-order valence-corrected chi connectivity index (χ1v) is 6.04. The van der Waals surface area contributed by atoms with Crippen molar-refractivity contribution in [3.8, 4) is 5.69 Å². The summed E-state index contributed by atoms with van der Waals surface area (Å²) in [6, 6.07) is 7.85. The van der Waals surface area contributed by atoms with Crippen molar-refractivity contribution in [1.29, 1.82) is 0 Å². The van der Waals surface area contributed by atoms with E-state index in [-0.39, 0.29) is 0 Å². The average Bonchev–Trinajstić information content (AvgIpc) is 2.87. The quantitative estimate of drug-likeness (QED) is 0.760. The molecule has 5 nitrogen and oxygen atoms in total. The van der Waals surface area contributed by atoms with Gasteiger partial charge in [0.15, 0.2) is 0 Å². The monoisotopic (exact) mass is 254 g/mol. The second kappa shape index (κ2) is 4.13. The molecule has 0 aliphatic heterocycles. The normalized spacial score (nSPS) is 11.9. The van der Waals surface area contributed by atoms with Gasteiger partial charge in [-0.1, -0.05) is 17.3 Å². The molecule has 0 atom stereocenters. The van der Waals surface area contributed by atoms with Crippen molar-refractivity contribution in [2.75, 3.05) is 0 Å². The van der Waals surface area contributed by atoms with Gasteiger partial charge in [-0.2, -0.15) is 0 Å². The van der Waals surface area contributed by atoms with Crippen LogP contribution in [0.5, 0.6) is 0 Å². The lowest BCUT2D eigenvalue weighted by molar-refractivity contribution is 0.0737. The van der Waals surface area contributed by atoms with Gasteiger partial charge in [0.2, 0.25) is 0 Å². The van der Waals surface area contributed by atoms with Crippen LogP contribution in [0.25, 0.3) is 16.5 Å². The van der Waals surface area contributed by atoms with Crippen molar-refractivity contribution >= 4 is 10.8 Å². The van der Waals surface area contributed by atoms with Crippen LogP contribution in [0, 0.1) is 0 Å². The molecule has 1 N–H and O–H groups in total. The molecule has 5 heteroatoms. The minimum atomic E-state index is -0.996. The number of nitrogens with zero attached hydrogens (tertiary/aromatic N) is 4. The molecule has 0 bridgehead atoms. The maximum atomic E-state index is 9.94. The van der Waals surface area contributed by atoms with E-state index in [0.29, 0.717) is 5.69 Å². The first-order valence-electron chi connectivity index (χ1n) is 6.04. The standard InChI is InChI=1S/C14H14N4O/c1-14(2,19)13-9-18(17-16-13)12-5-3-4-10-8-15-7-6-11(10)12/h3-9,19H,1-2H3. The molecule has 1 aromatic carbocycles. The SMILES string of the molecule is CC(C)(O)c1cn(-c2cccc3cnccc23)nn1. The maximum absolute atomic E-state index is 9.94. The molecule has 96 valence electrons. The average molecular weight is 254 g/mol. The Morgan fingerprint density at radius 1 is 1.21 bits per heavy atom. The molecular formula is C14H14N4O. The van der Waals surface area contributed by atoms with E-state index in [0.717, 1.165) is 16.5 Å². The Morgan fingerprint density at radius 2 is 2.05 bits per heavy atom. The van der Waals surface area contributed by atoms with Gasteiger partial charge in [-0.25, -0.2) is 4.68 Å². The number of rotatable bonds is 2. The zero-order valence-electron chi connectivity index (χ0n) is 10.8.